The Balaban J connectivity index is 1.56. The smallest absolute Gasteiger partial charge is 0.115 e. The first kappa shape index (κ1) is 10.1. The zero-order valence-electron chi connectivity index (χ0n) is 9.21. The van der Waals surface area contributed by atoms with Crippen molar-refractivity contribution in [1.82, 2.24) is 4.90 Å². The summed E-state index contributed by atoms with van der Waals surface area (Å²) in [4.78, 5) is 2.44. The van der Waals surface area contributed by atoms with E-state index >= 15 is 0 Å². The minimum Gasteiger partial charge on any atom is -0.508 e. The molecule has 1 saturated carbocycles. The van der Waals surface area contributed by atoms with Crippen LogP contribution in [-0.2, 0) is 6.54 Å². The third-order valence-corrected chi connectivity index (χ3v) is 4.00. The Labute approximate surface area is 95.3 Å². The number of rotatable bonds is 3. The highest BCUT2D eigenvalue weighted by atomic mass is 16.3. The third-order valence-electron chi connectivity index (χ3n) is 4.00. The number of hydrogen-bond donors (Lipinski definition) is 2. The standard InChI is InChI=1S/C13H17NO2/c15-8-13-11-6-14(7-12(11)13)5-9-1-3-10(16)4-2-9/h1-4,11-13,15-16H,5-8H2. The molecule has 1 aromatic carbocycles. The SMILES string of the molecule is OCC1C2CN(Cc3ccc(O)cc3)CC12. The van der Waals surface area contributed by atoms with Gasteiger partial charge in [0.05, 0.1) is 0 Å². The van der Waals surface area contributed by atoms with E-state index in [4.69, 9.17) is 5.11 Å². The van der Waals surface area contributed by atoms with Crippen LogP contribution in [0.5, 0.6) is 5.75 Å². The fourth-order valence-electron chi connectivity index (χ4n) is 3.00. The molecule has 3 rings (SSSR count). The van der Waals surface area contributed by atoms with Crippen LogP contribution in [0.2, 0.25) is 0 Å². The molecule has 0 bridgehead atoms. The van der Waals surface area contributed by atoms with Crippen LogP contribution in [-0.4, -0.2) is 34.8 Å². The lowest BCUT2D eigenvalue weighted by Gasteiger charge is -2.18. The van der Waals surface area contributed by atoms with Gasteiger partial charge in [-0.2, -0.15) is 0 Å². The van der Waals surface area contributed by atoms with Crippen molar-refractivity contribution < 1.29 is 10.2 Å². The maximum absolute atomic E-state index is 9.19. The van der Waals surface area contributed by atoms with Crippen molar-refractivity contribution in [3.8, 4) is 5.75 Å². The maximum atomic E-state index is 9.19. The van der Waals surface area contributed by atoms with Crippen LogP contribution in [0, 0.1) is 17.8 Å². The number of likely N-dealkylation sites (tertiary alicyclic amines) is 1. The normalized spacial score (nSPS) is 32.7. The summed E-state index contributed by atoms with van der Waals surface area (Å²) in [7, 11) is 0. The van der Waals surface area contributed by atoms with E-state index in [1.54, 1.807) is 12.1 Å². The van der Waals surface area contributed by atoms with Crippen molar-refractivity contribution >= 4 is 0 Å². The van der Waals surface area contributed by atoms with Gasteiger partial charge in [-0.1, -0.05) is 12.1 Å². The molecule has 16 heavy (non-hydrogen) atoms. The van der Waals surface area contributed by atoms with Gasteiger partial charge in [0, 0.05) is 26.2 Å². The molecule has 2 unspecified atom stereocenters. The van der Waals surface area contributed by atoms with E-state index in [-0.39, 0.29) is 0 Å². The molecule has 0 spiro atoms. The Morgan fingerprint density at radius 3 is 2.31 bits per heavy atom. The summed E-state index contributed by atoms with van der Waals surface area (Å²) in [6, 6.07) is 7.43. The minimum atomic E-state index is 0.327. The van der Waals surface area contributed by atoms with E-state index in [9.17, 15) is 5.11 Å². The Morgan fingerprint density at radius 1 is 1.12 bits per heavy atom. The van der Waals surface area contributed by atoms with Crippen molar-refractivity contribution in [1.29, 1.82) is 0 Å². The summed E-state index contributed by atoms with van der Waals surface area (Å²) in [5, 5.41) is 18.3. The molecule has 2 fully saturated rings. The fourth-order valence-corrected chi connectivity index (χ4v) is 3.00. The summed E-state index contributed by atoms with van der Waals surface area (Å²) in [5.41, 5.74) is 1.25. The topological polar surface area (TPSA) is 43.7 Å². The first-order chi connectivity index (χ1) is 7.78. The fraction of sp³-hybridized carbons (Fsp3) is 0.538. The average Bonchev–Trinajstić information content (AvgIpc) is 2.76. The molecule has 3 heteroatoms. The molecule has 1 aromatic rings. The summed E-state index contributed by atoms with van der Waals surface area (Å²) >= 11 is 0. The van der Waals surface area contributed by atoms with Crippen LogP contribution in [0.15, 0.2) is 24.3 Å². The van der Waals surface area contributed by atoms with Gasteiger partial charge in [0.1, 0.15) is 5.75 Å². The van der Waals surface area contributed by atoms with Gasteiger partial charge >= 0.3 is 0 Å². The second-order valence-corrected chi connectivity index (χ2v) is 5.03. The second-order valence-electron chi connectivity index (χ2n) is 5.03. The molecular formula is C13H17NO2. The molecular weight excluding hydrogens is 202 g/mol. The number of aromatic hydroxyl groups is 1. The molecule has 86 valence electrons. The van der Waals surface area contributed by atoms with Crippen molar-refractivity contribution in [3.05, 3.63) is 29.8 Å². The molecule has 1 saturated heterocycles. The zero-order chi connectivity index (χ0) is 11.1. The highest BCUT2D eigenvalue weighted by Gasteiger charge is 2.54. The van der Waals surface area contributed by atoms with Crippen molar-refractivity contribution in [3.63, 3.8) is 0 Å². The van der Waals surface area contributed by atoms with Crippen molar-refractivity contribution in [2.45, 2.75) is 6.54 Å². The molecule has 0 radical (unpaired) electrons. The zero-order valence-corrected chi connectivity index (χ0v) is 9.21. The van der Waals surface area contributed by atoms with Crippen LogP contribution < -0.4 is 0 Å². The second kappa shape index (κ2) is 3.75. The maximum Gasteiger partial charge on any atom is 0.115 e. The number of hydrogen-bond acceptors (Lipinski definition) is 3. The number of phenolic OH excluding ortho intramolecular Hbond substituents is 1. The predicted octanol–water partition coefficient (Wildman–Crippen LogP) is 1.06. The Morgan fingerprint density at radius 2 is 1.75 bits per heavy atom. The molecule has 3 nitrogen and oxygen atoms in total. The largest absolute Gasteiger partial charge is 0.508 e. The number of phenols is 1. The number of aliphatic hydroxyl groups is 1. The van der Waals surface area contributed by atoms with Gasteiger partial charge in [0.25, 0.3) is 0 Å². The summed E-state index contributed by atoms with van der Waals surface area (Å²) in [6.45, 7) is 3.57. The van der Waals surface area contributed by atoms with Crippen LogP contribution in [0.1, 0.15) is 5.56 Å². The molecule has 0 aromatic heterocycles. The Hall–Kier alpha value is -1.06. The predicted molar refractivity (Wildman–Crippen MR) is 60.9 cm³/mol. The van der Waals surface area contributed by atoms with E-state index in [1.807, 2.05) is 12.1 Å². The van der Waals surface area contributed by atoms with Crippen LogP contribution in [0.4, 0.5) is 0 Å². The lowest BCUT2D eigenvalue weighted by atomic mass is 10.2. The number of piperidine rings is 1. The van der Waals surface area contributed by atoms with Crippen molar-refractivity contribution in [2.24, 2.45) is 17.8 Å². The van der Waals surface area contributed by atoms with E-state index in [1.165, 1.54) is 5.56 Å². The molecule has 0 amide bonds. The molecule has 1 aliphatic carbocycles. The first-order valence-corrected chi connectivity index (χ1v) is 5.89. The number of nitrogens with zero attached hydrogens (tertiary/aromatic N) is 1. The lowest BCUT2D eigenvalue weighted by molar-refractivity contribution is 0.217. The Bertz CT molecular complexity index is 364. The van der Waals surface area contributed by atoms with Gasteiger partial charge in [-0.15, -0.1) is 0 Å². The van der Waals surface area contributed by atoms with E-state index in [2.05, 4.69) is 4.90 Å². The summed E-state index contributed by atoms with van der Waals surface area (Å²) in [6.07, 6.45) is 0. The molecule has 2 atom stereocenters. The quantitative estimate of drug-likeness (QED) is 0.799. The minimum absolute atomic E-state index is 0.327. The van der Waals surface area contributed by atoms with Crippen LogP contribution in [0.25, 0.3) is 0 Å². The van der Waals surface area contributed by atoms with Gasteiger partial charge in [-0.05, 0) is 35.4 Å². The third kappa shape index (κ3) is 1.70. The van der Waals surface area contributed by atoms with Gasteiger partial charge in [-0.3, -0.25) is 4.90 Å². The molecule has 2 aliphatic rings. The number of benzene rings is 1. The molecule has 1 heterocycles. The molecule has 2 N–H and O–H groups in total. The van der Waals surface area contributed by atoms with Gasteiger partial charge in [-0.25, -0.2) is 0 Å². The first-order valence-electron chi connectivity index (χ1n) is 5.89. The monoisotopic (exact) mass is 219 g/mol. The lowest BCUT2D eigenvalue weighted by Crippen LogP contribution is -2.24. The van der Waals surface area contributed by atoms with Crippen LogP contribution in [0.3, 0.4) is 0 Å². The van der Waals surface area contributed by atoms with E-state index in [0.717, 1.165) is 31.5 Å². The summed E-state index contributed by atoms with van der Waals surface area (Å²) < 4.78 is 0. The summed E-state index contributed by atoms with van der Waals surface area (Å²) in [5.74, 6) is 2.38. The average molecular weight is 219 g/mol. The Kier molecular flexibility index (Phi) is 2.37. The van der Waals surface area contributed by atoms with Crippen LogP contribution >= 0.6 is 0 Å². The van der Waals surface area contributed by atoms with E-state index < -0.39 is 0 Å². The van der Waals surface area contributed by atoms with Crippen molar-refractivity contribution in [2.75, 3.05) is 19.7 Å². The van der Waals surface area contributed by atoms with Gasteiger partial charge in [0.2, 0.25) is 0 Å². The number of fused-ring (bicyclic) bond motifs is 1. The van der Waals surface area contributed by atoms with E-state index in [0.29, 0.717) is 18.3 Å². The van der Waals surface area contributed by atoms with Gasteiger partial charge < -0.3 is 10.2 Å². The highest BCUT2D eigenvalue weighted by Crippen LogP contribution is 2.51. The number of aliphatic hydroxyl groups excluding tert-OH is 1. The molecule has 1 aliphatic heterocycles. The van der Waals surface area contributed by atoms with Gasteiger partial charge in [0.15, 0.2) is 0 Å². The highest BCUT2D eigenvalue weighted by molar-refractivity contribution is 5.26.